The number of nitrogens with one attached hydrogen (secondary N) is 1. The lowest BCUT2D eigenvalue weighted by molar-refractivity contribution is -0.118. The van der Waals surface area contributed by atoms with Crippen molar-refractivity contribution >= 4 is 37.5 Å². The number of anilines is 1. The molecule has 0 aromatic heterocycles. The summed E-state index contributed by atoms with van der Waals surface area (Å²) in [6.07, 6.45) is 1.59. The number of nitrogens with zero attached hydrogens (tertiary/aromatic N) is 1. The molecule has 1 amide bonds. The first-order valence-corrected chi connectivity index (χ1v) is 12.3. The zero-order valence-corrected chi connectivity index (χ0v) is 20.3. The van der Waals surface area contributed by atoms with Crippen LogP contribution in [0.15, 0.2) is 45.8 Å². The van der Waals surface area contributed by atoms with Crippen molar-refractivity contribution in [2.75, 3.05) is 25.0 Å². The number of ether oxygens (including phenoxy) is 1. The van der Waals surface area contributed by atoms with Gasteiger partial charge in [-0.15, -0.1) is 0 Å². The van der Waals surface area contributed by atoms with Crippen molar-refractivity contribution in [1.29, 1.82) is 0 Å². The zero-order chi connectivity index (χ0) is 22.3. The number of amides is 1. The Morgan fingerprint density at radius 2 is 1.53 bits per heavy atom. The number of hydrogen-bond acceptors (Lipinski definition) is 4. The summed E-state index contributed by atoms with van der Waals surface area (Å²) >= 11 is 3.51. The average molecular weight is 497 g/mol. The van der Waals surface area contributed by atoms with Crippen LogP contribution in [0.1, 0.15) is 38.8 Å². The van der Waals surface area contributed by atoms with Gasteiger partial charge >= 0.3 is 0 Å². The summed E-state index contributed by atoms with van der Waals surface area (Å²) in [5, 5.41) is 2.96. The average Bonchev–Trinajstić information content (AvgIpc) is 2.74. The van der Waals surface area contributed by atoms with Gasteiger partial charge in [-0.25, -0.2) is 8.42 Å². The molecule has 0 heterocycles. The number of aryl methyl sites for hydroxylation is 2. The quantitative estimate of drug-likeness (QED) is 0.520. The van der Waals surface area contributed by atoms with Crippen molar-refractivity contribution in [3.8, 4) is 5.75 Å². The molecule has 164 valence electrons. The molecular formula is C22H29BrN2O4S. The summed E-state index contributed by atoms with van der Waals surface area (Å²) in [6.45, 7) is 8.35. The number of rotatable bonds is 10. The van der Waals surface area contributed by atoms with Gasteiger partial charge in [-0.1, -0.05) is 43.6 Å². The molecule has 0 atom stereocenters. The second-order valence-electron chi connectivity index (χ2n) is 6.70. The van der Waals surface area contributed by atoms with Gasteiger partial charge in [-0.05, 0) is 60.4 Å². The van der Waals surface area contributed by atoms with Gasteiger partial charge in [0.2, 0.25) is 10.0 Å². The molecule has 0 aliphatic heterocycles. The summed E-state index contributed by atoms with van der Waals surface area (Å²) in [7, 11) is -3.51. The third-order valence-corrected chi connectivity index (χ3v) is 7.35. The first-order chi connectivity index (χ1) is 14.3. The summed E-state index contributed by atoms with van der Waals surface area (Å²) in [5.41, 5.74) is 2.94. The summed E-state index contributed by atoms with van der Waals surface area (Å²) in [6, 6.07) is 10.1. The number of carbonyl (C=O) groups is 1. The lowest BCUT2D eigenvalue weighted by Crippen LogP contribution is -2.30. The van der Waals surface area contributed by atoms with E-state index in [-0.39, 0.29) is 17.4 Å². The van der Waals surface area contributed by atoms with Crippen LogP contribution in [0.5, 0.6) is 5.75 Å². The molecule has 1 N–H and O–H groups in total. The molecular weight excluding hydrogens is 468 g/mol. The molecule has 0 fully saturated rings. The number of benzene rings is 2. The van der Waals surface area contributed by atoms with Crippen molar-refractivity contribution in [2.24, 2.45) is 0 Å². The Bertz CT molecular complexity index is 946. The fourth-order valence-corrected chi connectivity index (χ4v) is 5.20. The van der Waals surface area contributed by atoms with Gasteiger partial charge in [0.25, 0.3) is 5.91 Å². The van der Waals surface area contributed by atoms with E-state index < -0.39 is 10.0 Å². The normalized spacial score (nSPS) is 11.5. The van der Waals surface area contributed by atoms with E-state index in [1.165, 1.54) is 16.4 Å². The molecule has 6 nitrogen and oxygen atoms in total. The lowest BCUT2D eigenvalue weighted by Gasteiger charge is -2.18. The van der Waals surface area contributed by atoms with Crippen molar-refractivity contribution in [1.82, 2.24) is 4.31 Å². The first-order valence-electron chi connectivity index (χ1n) is 10.1. The summed E-state index contributed by atoms with van der Waals surface area (Å²) in [4.78, 5) is 12.7. The Hall–Kier alpha value is -1.90. The van der Waals surface area contributed by atoms with Gasteiger partial charge in [0.1, 0.15) is 5.75 Å². The van der Waals surface area contributed by atoms with Crippen LogP contribution in [0.2, 0.25) is 0 Å². The predicted octanol–water partition coefficient (Wildman–Crippen LogP) is 4.62. The van der Waals surface area contributed by atoms with E-state index >= 15 is 0 Å². The highest BCUT2D eigenvalue weighted by Crippen LogP contribution is 2.27. The fraction of sp³-hybridized carbons (Fsp3) is 0.409. The van der Waals surface area contributed by atoms with Crippen LogP contribution >= 0.6 is 15.9 Å². The van der Waals surface area contributed by atoms with Crippen molar-refractivity contribution in [3.05, 3.63) is 52.0 Å². The maximum absolute atomic E-state index is 12.5. The van der Waals surface area contributed by atoms with E-state index in [1.54, 1.807) is 26.0 Å². The predicted molar refractivity (Wildman–Crippen MR) is 124 cm³/mol. The van der Waals surface area contributed by atoms with E-state index in [1.807, 2.05) is 26.0 Å². The van der Waals surface area contributed by atoms with E-state index in [0.717, 1.165) is 34.1 Å². The number of halogens is 1. The van der Waals surface area contributed by atoms with Gasteiger partial charge in [-0.3, -0.25) is 4.79 Å². The smallest absolute Gasteiger partial charge is 0.262 e. The molecule has 2 aromatic carbocycles. The van der Waals surface area contributed by atoms with Crippen LogP contribution < -0.4 is 10.1 Å². The van der Waals surface area contributed by atoms with Crippen LogP contribution in [-0.4, -0.2) is 38.3 Å². The second kappa shape index (κ2) is 10.9. The number of sulfonamides is 1. The number of hydrogen-bond donors (Lipinski definition) is 1. The van der Waals surface area contributed by atoms with E-state index in [2.05, 4.69) is 21.2 Å². The largest absolute Gasteiger partial charge is 0.484 e. The van der Waals surface area contributed by atoms with Gasteiger partial charge in [0, 0.05) is 23.2 Å². The molecule has 30 heavy (non-hydrogen) atoms. The highest BCUT2D eigenvalue weighted by molar-refractivity contribution is 9.10. The third-order valence-electron chi connectivity index (χ3n) is 4.83. The van der Waals surface area contributed by atoms with Gasteiger partial charge in [0.15, 0.2) is 6.61 Å². The highest BCUT2D eigenvalue weighted by Gasteiger charge is 2.21. The maximum Gasteiger partial charge on any atom is 0.262 e. The SMILES string of the molecule is CCc1cc(Br)cc(CC)c1NC(=O)COc1ccc(S(=O)(=O)N(CC)CC)cc1. The number of carbonyl (C=O) groups excluding carboxylic acids is 1. The maximum atomic E-state index is 12.5. The van der Waals surface area contributed by atoms with Crippen LogP contribution in [0.25, 0.3) is 0 Å². The fourth-order valence-electron chi connectivity index (χ4n) is 3.19. The molecule has 0 saturated heterocycles. The highest BCUT2D eigenvalue weighted by atomic mass is 79.9. The molecule has 0 bridgehead atoms. The standard InChI is InChI=1S/C22H29BrN2O4S/c1-5-16-13-18(23)14-17(6-2)22(16)24-21(26)15-29-19-9-11-20(12-10-19)30(27,28)25(7-3)8-4/h9-14H,5-8,15H2,1-4H3,(H,24,26). The van der Waals surface area contributed by atoms with E-state index in [0.29, 0.717) is 18.8 Å². The van der Waals surface area contributed by atoms with Crippen LogP contribution in [-0.2, 0) is 27.7 Å². The summed E-state index contributed by atoms with van der Waals surface area (Å²) in [5.74, 6) is 0.174. The molecule has 2 rings (SSSR count). The monoisotopic (exact) mass is 496 g/mol. The van der Waals surface area contributed by atoms with Crippen LogP contribution in [0, 0.1) is 0 Å². The molecule has 0 spiro atoms. The lowest BCUT2D eigenvalue weighted by atomic mass is 10.0. The van der Waals surface area contributed by atoms with Gasteiger partial charge in [0.05, 0.1) is 4.90 Å². The van der Waals surface area contributed by atoms with Crippen LogP contribution in [0.4, 0.5) is 5.69 Å². The van der Waals surface area contributed by atoms with Crippen molar-refractivity contribution < 1.29 is 17.9 Å². The minimum atomic E-state index is -3.51. The Labute approximate surface area is 187 Å². The summed E-state index contributed by atoms with van der Waals surface area (Å²) < 4.78 is 33.0. The molecule has 0 aliphatic carbocycles. The van der Waals surface area contributed by atoms with Gasteiger partial charge < -0.3 is 10.1 Å². The Kier molecular flexibility index (Phi) is 8.88. The Balaban J connectivity index is 2.06. The Morgan fingerprint density at radius 3 is 2.00 bits per heavy atom. The van der Waals surface area contributed by atoms with Crippen molar-refractivity contribution in [3.63, 3.8) is 0 Å². The third kappa shape index (κ3) is 5.83. The van der Waals surface area contributed by atoms with E-state index in [4.69, 9.17) is 4.74 Å². The molecule has 0 aliphatic rings. The topological polar surface area (TPSA) is 75.7 Å². The second-order valence-corrected chi connectivity index (χ2v) is 9.56. The zero-order valence-electron chi connectivity index (χ0n) is 17.9. The molecule has 8 heteroatoms. The molecule has 0 saturated carbocycles. The molecule has 0 radical (unpaired) electrons. The van der Waals surface area contributed by atoms with Crippen LogP contribution in [0.3, 0.4) is 0 Å². The molecule has 2 aromatic rings. The minimum absolute atomic E-state index is 0.162. The first kappa shape index (κ1) is 24.4. The van der Waals surface area contributed by atoms with Crippen molar-refractivity contribution in [2.45, 2.75) is 45.4 Å². The van der Waals surface area contributed by atoms with E-state index in [9.17, 15) is 13.2 Å². The molecule has 0 unspecified atom stereocenters. The Morgan fingerprint density at radius 1 is 1.00 bits per heavy atom. The minimum Gasteiger partial charge on any atom is -0.484 e. The van der Waals surface area contributed by atoms with Gasteiger partial charge in [-0.2, -0.15) is 4.31 Å².